The minimum Gasteiger partial charge on any atom is -0.462 e. The Balaban J connectivity index is 1.98. The minimum absolute atomic E-state index is 0.274. The first kappa shape index (κ1) is 17.2. The van der Waals surface area contributed by atoms with Crippen LogP contribution in [-0.4, -0.2) is 35.7 Å². The summed E-state index contributed by atoms with van der Waals surface area (Å²) < 4.78 is 17.1. The maximum atomic E-state index is 12.7. The maximum absolute atomic E-state index is 12.7. The lowest BCUT2D eigenvalue weighted by molar-refractivity contribution is -0.214. The number of rotatable bonds is 5. The van der Waals surface area contributed by atoms with Crippen molar-refractivity contribution in [3.63, 3.8) is 0 Å². The molecule has 6 heteroatoms. The zero-order chi connectivity index (χ0) is 17.8. The predicted octanol–water partition coefficient (Wildman–Crippen LogP) is 2.53. The van der Waals surface area contributed by atoms with Crippen molar-refractivity contribution in [1.82, 2.24) is 0 Å². The van der Waals surface area contributed by atoms with Gasteiger partial charge in [0.05, 0.1) is 10.8 Å². The van der Waals surface area contributed by atoms with Gasteiger partial charge in [0.15, 0.2) is 0 Å². The van der Waals surface area contributed by atoms with Crippen molar-refractivity contribution in [3.05, 3.63) is 0 Å². The van der Waals surface area contributed by atoms with Crippen molar-refractivity contribution in [2.45, 2.75) is 83.5 Å². The molecule has 0 aromatic rings. The summed E-state index contributed by atoms with van der Waals surface area (Å²) in [6.45, 7) is 7.90. The smallest absolute Gasteiger partial charge is 0.312 e. The van der Waals surface area contributed by atoms with Crippen LogP contribution >= 0.6 is 0 Å². The third-order valence-corrected chi connectivity index (χ3v) is 6.08. The Bertz CT molecular complexity index is 584. The molecule has 4 bridgehead atoms. The molecule has 0 N–H and O–H groups in total. The van der Waals surface area contributed by atoms with Crippen LogP contribution in [0.1, 0.15) is 66.2 Å². The first-order valence-electron chi connectivity index (χ1n) is 8.64. The van der Waals surface area contributed by atoms with Crippen molar-refractivity contribution in [2.24, 2.45) is 10.8 Å². The van der Waals surface area contributed by atoms with Gasteiger partial charge in [-0.3, -0.25) is 14.4 Å². The number of ether oxygens (including phenoxy) is 3. The summed E-state index contributed by atoms with van der Waals surface area (Å²) in [5, 5.41) is 0. The molecule has 134 valence electrons. The van der Waals surface area contributed by atoms with E-state index in [0.717, 1.165) is 0 Å². The van der Waals surface area contributed by atoms with Crippen LogP contribution in [0.5, 0.6) is 0 Å². The van der Waals surface area contributed by atoms with Crippen molar-refractivity contribution in [1.29, 1.82) is 0 Å². The third kappa shape index (κ3) is 2.60. The van der Waals surface area contributed by atoms with Crippen molar-refractivity contribution in [3.8, 4) is 0 Å². The summed E-state index contributed by atoms with van der Waals surface area (Å²) in [6, 6.07) is 0. The van der Waals surface area contributed by atoms with Gasteiger partial charge in [-0.05, 0) is 27.2 Å². The summed E-state index contributed by atoms with van der Waals surface area (Å²) in [7, 11) is 0. The molecule has 4 unspecified atom stereocenters. The van der Waals surface area contributed by atoms with Gasteiger partial charge in [-0.1, -0.05) is 6.92 Å². The molecule has 0 radical (unpaired) electrons. The highest BCUT2D eigenvalue weighted by Crippen LogP contribution is 2.59. The van der Waals surface area contributed by atoms with Gasteiger partial charge in [-0.25, -0.2) is 0 Å². The Kier molecular flexibility index (Phi) is 3.74. The van der Waals surface area contributed by atoms with E-state index in [1.165, 1.54) is 0 Å². The Labute approximate surface area is 142 Å². The number of hydrogen-bond acceptors (Lipinski definition) is 6. The summed E-state index contributed by atoms with van der Waals surface area (Å²) in [5.74, 6) is -0.555. The SMILES string of the molecule is CCC(C)(C)C(=O)OC12CC3CC(OC=O)(C1)CC(C)(C2)C(=O)O3. The molecule has 0 aromatic heterocycles. The second kappa shape index (κ2) is 5.20. The zero-order valence-corrected chi connectivity index (χ0v) is 14.8. The van der Waals surface area contributed by atoms with Gasteiger partial charge in [0, 0.05) is 32.1 Å². The van der Waals surface area contributed by atoms with E-state index in [2.05, 4.69) is 0 Å². The first-order valence-corrected chi connectivity index (χ1v) is 8.64. The average Bonchev–Trinajstić information content (AvgIpc) is 2.56. The number of carbonyl (C=O) groups excluding carboxylic acids is 3. The van der Waals surface area contributed by atoms with Gasteiger partial charge >= 0.3 is 11.9 Å². The molecular formula is C18H26O6. The molecular weight excluding hydrogens is 312 g/mol. The van der Waals surface area contributed by atoms with E-state index in [9.17, 15) is 14.4 Å². The summed E-state index contributed by atoms with van der Waals surface area (Å²) in [5.41, 5.74) is -3.00. The molecule has 4 fully saturated rings. The van der Waals surface area contributed by atoms with E-state index in [0.29, 0.717) is 45.0 Å². The lowest BCUT2D eigenvalue weighted by Crippen LogP contribution is -2.60. The van der Waals surface area contributed by atoms with Crippen LogP contribution in [0.2, 0.25) is 0 Å². The lowest BCUT2D eigenvalue weighted by atomic mass is 9.57. The van der Waals surface area contributed by atoms with Gasteiger partial charge in [-0.2, -0.15) is 0 Å². The van der Waals surface area contributed by atoms with E-state index in [1.54, 1.807) is 0 Å². The van der Waals surface area contributed by atoms with Gasteiger partial charge in [-0.15, -0.1) is 0 Å². The Hall–Kier alpha value is -1.59. The molecule has 0 aromatic carbocycles. The van der Waals surface area contributed by atoms with Gasteiger partial charge in [0.25, 0.3) is 6.47 Å². The van der Waals surface area contributed by atoms with E-state index >= 15 is 0 Å². The molecule has 4 atom stereocenters. The number of fused-ring (bicyclic) bond motifs is 1. The normalized spacial score (nSPS) is 40.7. The van der Waals surface area contributed by atoms with Crippen LogP contribution < -0.4 is 0 Å². The fourth-order valence-electron chi connectivity index (χ4n) is 4.74. The van der Waals surface area contributed by atoms with E-state index in [-0.39, 0.29) is 18.0 Å². The zero-order valence-electron chi connectivity index (χ0n) is 14.8. The van der Waals surface area contributed by atoms with Crippen LogP contribution in [-0.2, 0) is 28.6 Å². The topological polar surface area (TPSA) is 78.9 Å². The fourth-order valence-corrected chi connectivity index (χ4v) is 4.74. The van der Waals surface area contributed by atoms with E-state index in [1.807, 2.05) is 27.7 Å². The molecule has 4 aliphatic rings. The van der Waals surface area contributed by atoms with Crippen LogP contribution in [0.3, 0.4) is 0 Å². The molecule has 24 heavy (non-hydrogen) atoms. The lowest BCUT2D eigenvalue weighted by Gasteiger charge is -2.53. The first-order chi connectivity index (χ1) is 11.1. The number of carbonyl (C=O) groups is 3. The van der Waals surface area contributed by atoms with Crippen LogP contribution in [0.4, 0.5) is 0 Å². The molecule has 4 rings (SSSR count). The molecule has 0 spiro atoms. The molecule has 2 heterocycles. The molecule has 2 aliphatic carbocycles. The van der Waals surface area contributed by atoms with Crippen molar-refractivity contribution < 1.29 is 28.6 Å². The van der Waals surface area contributed by atoms with Crippen molar-refractivity contribution >= 4 is 18.4 Å². The van der Waals surface area contributed by atoms with Crippen molar-refractivity contribution in [2.75, 3.05) is 0 Å². The molecule has 6 nitrogen and oxygen atoms in total. The third-order valence-electron chi connectivity index (χ3n) is 6.08. The van der Waals surface area contributed by atoms with Crippen LogP contribution in [0.25, 0.3) is 0 Å². The highest BCUT2D eigenvalue weighted by molar-refractivity contribution is 5.79. The van der Waals surface area contributed by atoms with Crippen LogP contribution in [0.15, 0.2) is 0 Å². The monoisotopic (exact) mass is 338 g/mol. The highest BCUT2D eigenvalue weighted by atomic mass is 16.6. The minimum atomic E-state index is -0.811. The second-order valence-corrected chi connectivity index (χ2v) is 8.73. The largest absolute Gasteiger partial charge is 0.462 e. The quantitative estimate of drug-likeness (QED) is 0.435. The second-order valence-electron chi connectivity index (χ2n) is 8.73. The molecule has 2 aliphatic heterocycles. The standard InChI is InChI=1S/C18H26O6/c1-5-15(2,3)13(20)24-18-7-12-6-17(10-18,22-11-19)8-16(4,9-18)14(21)23-12/h11-12H,5-10H2,1-4H3. The summed E-state index contributed by atoms with van der Waals surface area (Å²) in [4.78, 5) is 36.3. The predicted molar refractivity (Wildman–Crippen MR) is 83.8 cm³/mol. The maximum Gasteiger partial charge on any atom is 0.312 e. The highest BCUT2D eigenvalue weighted by Gasteiger charge is 2.66. The van der Waals surface area contributed by atoms with Gasteiger partial charge in [0.2, 0.25) is 0 Å². The van der Waals surface area contributed by atoms with Crippen LogP contribution in [0, 0.1) is 10.8 Å². The number of hydrogen-bond donors (Lipinski definition) is 0. The molecule has 2 saturated carbocycles. The fraction of sp³-hybridized carbons (Fsp3) is 0.833. The molecule has 0 amide bonds. The summed E-state index contributed by atoms with van der Waals surface area (Å²) >= 11 is 0. The van der Waals surface area contributed by atoms with E-state index in [4.69, 9.17) is 14.2 Å². The van der Waals surface area contributed by atoms with E-state index < -0.39 is 22.0 Å². The Morgan fingerprint density at radius 2 is 1.92 bits per heavy atom. The Morgan fingerprint density at radius 1 is 1.29 bits per heavy atom. The van der Waals surface area contributed by atoms with Gasteiger partial charge < -0.3 is 14.2 Å². The summed E-state index contributed by atoms with van der Waals surface area (Å²) in [6.07, 6.45) is 2.51. The van der Waals surface area contributed by atoms with Gasteiger partial charge in [0.1, 0.15) is 17.3 Å². The Morgan fingerprint density at radius 3 is 2.54 bits per heavy atom. The average molecular weight is 338 g/mol. The molecule has 2 saturated heterocycles. The number of esters is 2.